The summed E-state index contributed by atoms with van der Waals surface area (Å²) in [4.78, 5) is 30.7. The number of nitrogens with one attached hydrogen (secondary N) is 2. The van der Waals surface area contributed by atoms with E-state index in [1.54, 1.807) is 19.2 Å². The van der Waals surface area contributed by atoms with Crippen molar-refractivity contribution >= 4 is 22.6 Å². The lowest BCUT2D eigenvalue weighted by atomic mass is 9.98. The molecule has 4 aromatic rings. The van der Waals surface area contributed by atoms with Gasteiger partial charge in [0.1, 0.15) is 11.3 Å². The van der Waals surface area contributed by atoms with Gasteiger partial charge in [0.25, 0.3) is 5.91 Å². The van der Waals surface area contributed by atoms with Crippen molar-refractivity contribution in [3.63, 3.8) is 0 Å². The van der Waals surface area contributed by atoms with Crippen LogP contribution in [0, 0.1) is 13.8 Å². The van der Waals surface area contributed by atoms with E-state index in [2.05, 4.69) is 15.6 Å². The largest absolute Gasteiger partial charge is 0.455 e. The molecule has 2 atom stereocenters. The number of carbonyl (C=O) groups excluding carboxylic acids is 1. The molecule has 0 bridgehead atoms. The Morgan fingerprint density at radius 3 is 2.67 bits per heavy atom. The molecule has 2 aromatic carbocycles. The van der Waals surface area contributed by atoms with E-state index < -0.39 is 0 Å². The van der Waals surface area contributed by atoms with Crippen LogP contribution in [-0.4, -0.2) is 30.1 Å². The summed E-state index contributed by atoms with van der Waals surface area (Å²) in [6.45, 7) is 6.89. The van der Waals surface area contributed by atoms with Gasteiger partial charge >= 0.3 is 0 Å². The highest BCUT2D eigenvalue weighted by Crippen LogP contribution is 2.32. The lowest BCUT2D eigenvalue weighted by molar-refractivity contribution is 0.0925. The lowest BCUT2D eigenvalue weighted by Crippen LogP contribution is -2.36. The van der Waals surface area contributed by atoms with Crippen molar-refractivity contribution in [2.75, 3.05) is 18.5 Å². The van der Waals surface area contributed by atoms with Crippen LogP contribution in [-0.2, 0) is 4.74 Å². The van der Waals surface area contributed by atoms with Crippen molar-refractivity contribution in [1.29, 1.82) is 0 Å². The quantitative estimate of drug-likeness (QED) is 0.393. The van der Waals surface area contributed by atoms with E-state index in [0.717, 1.165) is 23.1 Å². The van der Waals surface area contributed by atoms with Gasteiger partial charge in [-0.15, -0.1) is 0 Å². The molecular weight excluding hydrogens is 454 g/mol. The molecule has 2 N–H and O–H groups in total. The lowest BCUT2D eigenvalue weighted by Gasteiger charge is -2.20. The molecule has 1 aliphatic heterocycles. The van der Waals surface area contributed by atoms with Crippen LogP contribution >= 0.6 is 0 Å². The van der Waals surface area contributed by atoms with Crippen molar-refractivity contribution in [2.45, 2.75) is 39.3 Å². The summed E-state index contributed by atoms with van der Waals surface area (Å²) in [6.07, 6.45) is 2.39. The monoisotopic (exact) mass is 483 g/mol. The summed E-state index contributed by atoms with van der Waals surface area (Å²) in [5, 5.41) is 6.97. The fourth-order valence-electron chi connectivity index (χ4n) is 4.67. The Morgan fingerprint density at radius 2 is 1.92 bits per heavy atom. The average molecular weight is 484 g/mol. The van der Waals surface area contributed by atoms with Gasteiger partial charge in [0.05, 0.1) is 29.8 Å². The van der Waals surface area contributed by atoms with Crippen LogP contribution in [0.4, 0.5) is 5.69 Å². The first kappa shape index (κ1) is 23.8. The molecule has 184 valence electrons. The van der Waals surface area contributed by atoms with E-state index in [4.69, 9.17) is 9.15 Å². The van der Waals surface area contributed by atoms with Gasteiger partial charge in [-0.2, -0.15) is 0 Å². The number of hydrogen-bond acceptors (Lipinski definition) is 6. The second-order valence-corrected chi connectivity index (χ2v) is 9.28. The first-order valence-electron chi connectivity index (χ1n) is 12.2. The molecule has 1 amide bonds. The van der Waals surface area contributed by atoms with Gasteiger partial charge in [0.15, 0.2) is 11.1 Å². The molecule has 7 heteroatoms. The standard InChI is InChI=1S/C29H29N3O4/c1-17-14-22(28-23(15-17)26(33)18(2)27(36-28)20-8-5-4-6-9-20)19(3)31-24-10-7-12-30-25(24)29(34)32-21-11-13-35-16-21/h4-10,12,14-15,19,21,31H,11,13,16H2,1-3H3,(H,32,34)/t19-,21+/m1/s1. The summed E-state index contributed by atoms with van der Waals surface area (Å²) in [5.41, 5.74) is 4.62. The van der Waals surface area contributed by atoms with Crippen molar-refractivity contribution in [1.82, 2.24) is 10.3 Å². The number of hydrogen-bond donors (Lipinski definition) is 2. The smallest absolute Gasteiger partial charge is 0.272 e. The molecule has 7 nitrogen and oxygen atoms in total. The van der Waals surface area contributed by atoms with E-state index in [-0.39, 0.29) is 23.4 Å². The molecule has 0 radical (unpaired) electrons. The minimum atomic E-state index is -0.271. The summed E-state index contributed by atoms with van der Waals surface area (Å²) < 4.78 is 11.8. The molecule has 2 aromatic heterocycles. The van der Waals surface area contributed by atoms with Crippen molar-refractivity contribution in [2.24, 2.45) is 0 Å². The number of anilines is 1. The average Bonchev–Trinajstić information content (AvgIpc) is 3.40. The number of aromatic nitrogens is 1. The Bertz CT molecular complexity index is 1470. The SMILES string of the molecule is Cc1cc([C@@H](C)Nc2cccnc2C(=O)N[C@H]2CCOC2)c2oc(-c3ccccc3)c(C)c(=O)c2c1. The molecule has 1 fully saturated rings. The van der Waals surface area contributed by atoms with E-state index in [1.807, 2.05) is 62.4 Å². The third-order valence-corrected chi connectivity index (χ3v) is 6.55. The minimum Gasteiger partial charge on any atom is -0.455 e. The van der Waals surface area contributed by atoms with Crippen molar-refractivity contribution < 1.29 is 13.9 Å². The topological polar surface area (TPSA) is 93.5 Å². The first-order chi connectivity index (χ1) is 17.4. The maximum Gasteiger partial charge on any atom is 0.272 e. The zero-order valence-electron chi connectivity index (χ0n) is 20.6. The van der Waals surface area contributed by atoms with E-state index in [1.165, 1.54) is 0 Å². The predicted molar refractivity (Wildman–Crippen MR) is 140 cm³/mol. The van der Waals surface area contributed by atoms with E-state index >= 15 is 0 Å². The maximum absolute atomic E-state index is 13.4. The Hall–Kier alpha value is -3.97. The van der Waals surface area contributed by atoms with Gasteiger partial charge in [0, 0.05) is 29.5 Å². The second-order valence-electron chi connectivity index (χ2n) is 9.28. The van der Waals surface area contributed by atoms with Crippen LogP contribution in [0.2, 0.25) is 0 Å². The summed E-state index contributed by atoms with van der Waals surface area (Å²) >= 11 is 0. The van der Waals surface area contributed by atoms with Crippen molar-refractivity contribution in [3.8, 4) is 11.3 Å². The molecule has 0 unspecified atom stereocenters. The molecule has 1 saturated heterocycles. The number of fused-ring (bicyclic) bond motifs is 1. The number of aryl methyl sites for hydroxylation is 1. The third kappa shape index (κ3) is 4.62. The number of nitrogens with zero attached hydrogens (tertiary/aromatic N) is 1. The summed E-state index contributed by atoms with van der Waals surface area (Å²) in [5.74, 6) is 0.314. The Morgan fingerprint density at radius 1 is 1.11 bits per heavy atom. The van der Waals surface area contributed by atoms with Gasteiger partial charge in [-0.05, 0) is 51.0 Å². The molecule has 0 aliphatic carbocycles. The number of amides is 1. The van der Waals surface area contributed by atoms with E-state index in [0.29, 0.717) is 46.9 Å². The zero-order chi connectivity index (χ0) is 25.2. The summed E-state index contributed by atoms with van der Waals surface area (Å²) in [7, 11) is 0. The molecule has 5 rings (SSSR count). The van der Waals surface area contributed by atoms with Crippen molar-refractivity contribution in [3.05, 3.63) is 93.4 Å². The van der Waals surface area contributed by atoms with Crippen LogP contribution in [0.25, 0.3) is 22.3 Å². The number of carbonyl (C=O) groups is 1. The fourth-order valence-corrected chi connectivity index (χ4v) is 4.67. The van der Waals surface area contributed by atoms with Gasteiger partial charge in [-0.1, -0.05) is 36.4 Å². The van der Waals surface area contributed by atoms with Crippen LogP contribution in [0.3, 0.4) is 0 Å². The van der Waals surface area contributed by atoms with Crippen LogP contribution in [0.5, 0.6) is 0 Å². The minimum absolute atomic E-state index is 0.0144. The third-order valence-electron chi connectivity index (χ3n) is 6.55. The molecule has 3 heterocycles. The molecular formula is C29H29N3O4. The van der Waals surface area contributed by atoms with Gasteiger partial charge in [-0.25, -0.2) is 4.98 Å². The fraction of sp³-hybridized carbons (Fsp3) is 0.276. The highest BCUT2D eigenvalue weighted by Gasteiger charge is 2.23. The molecule has 36 heavy (non-hydrogen) atoms. The highest BCUT2D eigenvalue weighted by atomic mass is 16.5. The first-order valence-corrected chi connectivity index (χ1v) is 12.2. The molecule has 1 aliphatic rings. The van der Waals surface area contributed by atoms with Gasteiger partial charge in [0.2, 0.25) is 0 Å². The molecule has 0 spiro atoms. The van der Waals surface area contributed by atoms with Gasteiger partial charge < -0.3 is 19.8 Å². The Balaban J connectivity index is 1.54. The van der Waals surface area contributed by atoms with Gasteiger partial charge in [-0.3, -0.25) is 9.59 Å². The van der Waals surface area contributed by atoms with E-state index in [9.17, 15) is 9.59 Å². The zero-order valence-corrected chi connectivity index (χ0v) is 20.6. The van der Waals surface area contributed by atoms with Crippen LogP contribution in [0.1, 0.15) is 46.6 Å². The predicted octanol–water partition coefficient (Wildman–Crippen LogP) is 5.16. The number of benzene rings is 2. The Kier molecular flexibility index (Phi) is 6.57. The maximum atomic E-state index is 13.4. The normalized spacial score (nSPS) is 16.1. The van der Waals surface area contributed by atoms with Crippen LogP contribution < -0.4 is 16.1 Å². The highest BCUT2D eigenvalue weighted by molar-refractivity contribution is 5.98. The second kappa shape index (κ2) is 9.95. The number of rotatable bonds is 6. The number of ether oxygens (including phenoxy) is 1. The molecule has 0 saturated carbocycles. The Labute approximate surface area is 209 Å². The summed E-state index contributed by atoms with van der Waals surface area (Å²) in [6, 6.07) is 16.9. The van der Waals surface area contributed by atoms with Crippen LogP contribution in [0.15, 0.2) is 70.0 Å². The number of pyridine rings is 1.